The summed E-state index contributed by atoms with van der Waals surface area (Å²) in [5, 5.41) is 6.32. The maximum Gasteiger partial charge on any atom is 0.243 e. The van der Waals surface area contributed by atoms with Gasteiger partial charge in [0.25, 0.3) is 0 Å². The molecule has 1 aliphatic rings. The standard InChI is InChI=1S/C19H21N3O4S2/c1-14(23)15-5-7-16(8-6-15)20-19(27)21-17-3-2-4-18(13-17)28(24,25)22-9-11-26-12-10-22/h2-8,13H,9-12H2,1H3,(H2,20,21,27). The van der Waals surface area contributed by atoms with Gasteiger partial charge in [-0.05, 0) is 61.6 Å². The summed E-state index contributed by atoms with van der Waals surface area (Å²) in [6.07, 6.45) is 0. The molecule has 0 amide bonds. The SMILES string of the molecule is CC(=O)c1ccc(NC(=S)Nc2cccc(S(=O)(=O)N3CCOCC3)c2)cc1. The molecule has 1 aliphatic heterocycles. The van der Waals surface area contributed by atoms with E-state index in [4.69, 9.17) is 17.0 Å². The molecule has 0 radical (unpaired) electrons. The first-order chi connectivity index (χ1) is 13.4. The number of ketones is 1. The third-order valence-corrected chi connectivity index (χ3v) is 6.35. The van der Waals surface area contributed by atoms with E-state index in [9.17, 15) is 13.2 Å². The molecule has 0 bridgehead atoms. The number of anilines is 2. The van der Waals surface area contributed by atoms with Gasteiger partial charge in [-0.1, -0.05) is 6.07 Å². The summed E-state index contributed by atoms with van der Waals surface area (Å²) < 4.78 is 32.2. The molecule has 148 valence electrons. The fraction of sp³-hybridized carbons (Fsp3) is 0.263. The van der Waals surface area contributed by atoms with Crippen molar-refractivity contribution in [2.75, 3.05) is 36.9 Å². The summed E-state index contributed by atoms with van der Waals surface area (Å²) in [7, 11) is -3.57. The van der Waals surface area contributed by atoms with Gasteiger partial charge in [0.1, 0.15) is 0 Å². The van der Waals surface area contributed by atoms with E-state index in [1.165, 1.54) is 11.2 Å². The van der Waals surface area contributed by atoms with E-state index in [2.05, 4.69) is 10.6 Å². The maximum atomic E-state index is 12.8. The summed E-state index contributed by atoms with van der Waals surface area (Å²) in [5.74, 6) is -0.00876. The number of nitrogens with one attached hydrogen (secondary N) is 2. The number of Topliss-reactive ketones (excluding diaryl/α,β-unsaturated/α-hetero) is 1. The summed E-state index contributed by atoms with van der Waals surface area (Å²) in [5.41, 5.74) is 1.90. The minimum absolute atomic E-state index is 0.00876. The molecule has 1 fully saturated rings. The molecule has 3 rings (SSSR count). The van der Waals surface area contributed by atoms with Gasteiger partial charge >= 0.3 is 0 Å². The van der Waals surface area contributed by atoms with Gasteiger partial charge in [0, 0.05) is 30.0 Å². The highest BCUT2D eigenvalue weighted by Gasteiger charge is 2.26. The van der Waals surface area contributed by atoms with Crippen LogP contribution in [-0.2, 0) is 14.8 Å². The first-order valence-electron chi connectivity index (χ1n) is 8.73. The molecule has 0 saturated carbocycles. The van der Waals surface area contributed by atoms with Gasteiger partial charge in [-0.2, -0.15) is 4.31 Å². The second kappa shape index (κ2) is 8.78. The number of morpholine rings is 1. The number of hydrogen-bond donors (Lipinski definition) is 2. The van der Waals surface area contributed by atoms with Crippen LogP contribution in [0.2, 0.25) is 0 Å². The lowest BCUT2D eigenvalue weighted by Gasteiger charge is -2.26. The Hall–Kier alpha value is -2.33. The summed E-state index contributed by atoms with van der Waals surface area (Å²) in [4.78, 5) is 11.5. The lowest BCUT2D eigenvalue weighted by Crippen LogP contribution is -2.40. The largest absolute Gasteiger partial charge is 0.379 e. The molecular formula is C19H21N3O4S2. The third-order valence-electron chi connectivity index (χ3n) is 4.25. The number of ether oxygens (including phenoxy) is 1. The van der Waals surface area contributed by atoms with Gasteiger partial charge in [-0.3, -0.25) is 4.79 Å². The Balaban J connectivity index is 1.68. The molecule has 2 N–H and O–H groups in total. The smallest absolute Gasteiger partial charge is 0.243 e. The van der Waals surface area contributed by atoms with Crippen LogP contribution >= 0.6 is 12.2 Å². The molecule has 0 spiro atoms. The fourth-order valence-corrected chi connectivity index (χ4v) is 4.44. The number of hydrogen-bond acceptors (Lipinski definition) is 5. The molecule has 7 nitrogen and oxygen atoms in total. The molecule has 0 unspecified atom stereocenters. The van der Waals surface area contributed by atoms with Crippen LogP contribution in [0.15, 0.2) is 53.4 Å². The van der Waals surface area contributed by atoms with Crippen molar-refractivity contribution in [2.45, 2.75) is 11.8 Å². The van der Waals surface area contributed by atoms with Crippen molar-refractivity contribution in [3.8, 4) is 0 Å². The molecule has 28 heavy (non-hydrogen) atoms. The van der Waals surface area contributed by atoms with E-state index in [-0.39, 0.29) is 10.7 Å². The zero-order valence-electron chi connectivity index (χ0n) is 15.3. The van der Waals surface area contributed by atoms with E-state index in [1.54, 1.807) is 48.5 Å². The van der Waals surface area contributed by atoms with Crippen molar-refractivity contribution >= 4 is 44.5 Å². The Kier molecular flexibility index (Phi) is 6.40. The van der Waals surface area contributed by atoms with E-state index >= 15 is 0 Å². The van der Waals surface area contributed by atoms with Crippen LogP contribution in [0.25, 0.3) is 0 Å². The number of sulfonamides is 1. The van der Waals surface area contributed by atoms with Crippen LogP contribution in [0.5, 0.6) is 0 Å². The summed E-state index contributed by atoms with van der Waals surface area (Å²) in [6, 6.07) is 13.5. The van der Waals surface area contributed by atoms with Crippen molar-refractivity contribution in [1.82, 2.24) is 4.31 Å². The number of nitrogens with zero attached hydrogens (tertiary/aromatic N) is 1. The number of rotatable bonds is 5. The summed E-state index contributed by atoms with van der Waals surface area (Å²) in [6.45, 7) is 2.99. The van der Waals surface area contributed by atoms with Crippen LogP contribution in [-0.4, -0.2) is 49.9 Å². The van der Waals surface area contributed by atoms with Crippen LogP contribution in [0.1, 0.15) is 17.3 Å². The number of carbonyl (C=O) groups excluding carboxylic acids is 1. The van der Waals surface area contributed by atoms with Crippen molar-refractivity contribution in [3.05, 3.63) is 54.1 Å². The second-order valence-electron chi connectivity index (χ2n) is 6.26. The Bertz CT molecular complexity index is 969. The Labute approximate surface area is 169 Å². The highest BCUT2D eigenvalue weighted by Crippen LogP contribution is 2.21. The van der Waals surface area contributed by atoms with Crippen LogP contribution in [0.4, 0.5) is 11.4 Å². The highest BCUT2D eigenvalue weighted by molar-refractivity contribution is 7.89. The predicted octanol–water partition coefficient (Wildman–Crippen LogP) is 2.72. The van der Waals surface area contributed by atoms with Crippen molar-refractivity contribution < 1.29 is 17.9 Å². The number of benzene rings is 2. The van der Waals surface area contributed by atoms with Gasteiger partial charge in [0.15, 0.2) is 10.9 Å². The predicted molar refractivity (Wildman–Crippen MR) is 112 cm³/mol. The van der Waals surface area contributed by atoms with E-state index in [0.29, 0.717) is 42.7 Å². The molecule has 9 heteroatoms. The second-order valence-corrected chi connectivity index (χ2v) is 8.60. The number of carbonyl (C=O) groups is 1. The zero-order valence-corrected chi connectivity index (χ0v) is 17.0. The molecule has 1 heterocycles. The molecule has 1 saturated heterocycles. The highest BCUT2D eigenvalue weighted by atomic mass is 32.2. The fourth-order valence-electron chi connectivity index (χ4n) is 2.75. The molecule has 0 atom stereocenters. The van der Waals surface area contributed by atoms with Crippen LogP contribution in [0.3, 0.4) is 0 Å². The Morgan fingerprint density at radius 2 is 1.68 bits per heavy atom. The average Bonchev–Trinajstić information content (AvgIpc) is 2.69. The normalized spacial score (nSPS) is 15.0. The topological polar surface area (TPSA) is 87.7 Å². The van der Waals surface area contributed by atoms with Gasteiger partial charge in [-0.15, -0.1) is 0 Å². The lowest BCUT2D eigenvalue weighted by atomic mass is 10.1. The van der Waals surface area contributed by atoms with Gasteiger partial charge in [-0.25, -0.2) is 8.42 Å². The third kappa shape index (κ3) is 4.93. The van der Waals surface area contributed by atoms with Gasteiger partial charge in [0.2, 0.25) is 10.0 Å². The van der Waals surface area contributed by atoms with Crippen LogP contribution in [0, 0.1) is 0 Å². The first-order valence-corrected chi connectivity index (χ1v) is 10.6. The van der Waals surface area contributed by atoms with E-state index in [1.807, 2.05) is 0 Å². The van der Waals surface area contributed by atoms with E-state index in [0.717, 1.165) is 5.69 Å². The minimum atomic E-state index is -3.57. The summed E-state index contributed by atoms with van der Waals surface area (Å²) >= 11 is 5.30. The first kappa shape index (κ1) is 20.4. The quantitative estimate of drug-likeness (QED) is 0.569. The molecule has 0 aromatic heterocycles. The Morgan fingerprint density at radius 1 is 1.04 bits per heavy atom. The molecular weight excluding hydrogens is 398 g/mol. The van der Waals surface area contributed by atoms with Gasteiger partial charge in [0.05, 0.1) is 18.1 Å². The monoisotopic (exact) mass is 419 g/mol. The Morgan fingerprint density at radius 3 is 2.32 bits per heavy atom. The molecule has 2 aromatic carbocycles. The van der Waals surface area contributed by atoms with Crippen molar-refractivity contribution in [3.63, 3.8) is 0 Å². The number of thiocarbonyl (C=S) groups is 1. The minimum Gasteiger partial charge on any atom is -0.379 e. The lowest BCUT2D eigenvalue weighted by molar-refractivity contribution is 0.0730. The molecule has 0 aliphatic carbocycles. The maximum absolute atomic E-state index is 12.8. The zero-order chi connectivity index (χ0) is 20.1. The van der Waals surface area contributed by atoms with Crippen molar-refractivity contribution in [2.24, 2.45) is 0 Å². The van der Waals surface area contributed by atoms with E-state index < -0.39 is 10.0 Å². The van der Waals surface area contributed by atoms with Crippen LogP contribution < -0.4 is 10.6 Å². The average molecular weight is 420 g/mol. The van der Waals surface area contributed by atoms with Gasteiger partial charge < -0.3 is 15.4 Å². The van der Waals surface area contributed by atoms with Crippen molar-refractivity contribution in [1.29, 1.82) is 0 Å². The molecule has 2 aromatic rings.